The average molecular weight is 1060 g/mol. The van der Waals surface area contributed by atoms with E-state index >= 15 is 4.39 Å². The summed E-state index contributed by atoms with van der Waals surface area (Å²) in [6.07, 6.45) is -6.34. The fourth-order valence-electron chi connectivity index (χ4n) is 12.1. The fourth-order valence-corrected chi connectivity index (χ4v) is 15.5. The minimum Gasteiger partial charge on any atom is -0.309 e. The van der Waals surface area contributed by atoms with Gasteiger partial charge < -0.3 is 9.47 Å². The molecule has 0 bridgehead atoms. The molecule has 0 radical (unpaired) electrons. The van der Waals surface area contributed by atoms with Crippen LogP contribution in [-0.4, -0.2) is 10.9 Å². The Morgan fingerprint density at radius 2 is 0.935 bits per heavy atom. The number of nitriles is 1. The number of hydrogen-bond donors (Lipinski definition) is 0. The Bertz CT molecular complexity index is 4790. The number of anilines is 2. The number of rotatable bonds is 8. The van der Waals surface area contributed by atoms with Crippen LogP contribution in [0.3, 0.4) is 0 Å². The predicted octanol–water partition coefficient (Wildman–Crippen LogP) is 21.4. The van der Waals surface area contributed by atoms with Gasteiger partial charge in [0.15, 0.2) is 6.30 Å². The summed E-state index contributed by atoms with van der Waals surface area (Å²) < 4.78 is 71.4. The predicted molar refractivity (Wildman–Crippen MR) is 319 cm³/mol. The molecule has 10 aromatic carbocycles. The van der Waals surface area contributed by atoms with Crippen LogP contribution in [0, 0.1) is 11.3 Å². The maximum Gasteiger partial charge on any atom is 0.416 e. The maximum atomic E-state index is 18.3. The van der Waals surface area contributed by atoms with E-state index in [0.29, 0.717) is 50.0 Å². The number of halogens is 4. The molecule has 372 valence electrons. The third kappa shape index (κ3) is 7.18. The molecule has 0 saturated heterocycles. The van der Waals surface area contributed by atoms with Crippen molar-refractivity contribution in [2.75, 3.05) is 4.90 Å². The molecule has 14 aromatic rings. The SMILES string of the molecule is CC(C)c1ccccc1N(c1c(C#N)c(-n2c3ccccc3c3cc(C(F)(F)F)ccc32)c(-c2cccc3sc4ccccc4c23)c(-c2cccc3sc4ccccc4c23)c1-c1cccc2sc3ccccc3c12)C(C)F. The van der Waals surface area contributed by atoms with E-state index in [0.717, 1.165) is 94.4 Å². The lowest BCUT2D eigenvalue weighted by Gasteiger charge is -2.36. The van der Waals surface area contributed by atoms with Gasteiger partial charge in [0, 0.05) is 93.7 Å². The van der Waals surface area contributed by atoms with E-state index < -0.39 is 18.0 Å². The standard InChI is InChI=1S/C67H43F4N3S3/c1-37(2)40-17-4-9-25-50(40)73(38(3)68)65-49(36-72)66(74-51-26-10-5-18-41(51)48-35-39(67(69,70)71)33-34-52(48)74)64(47-24-16-32-58-61(47)44-21-8-13-29-55(44)77-58)62(45-22-14-30-56-59(45)42-19-6-11-27-53(42)75-56)63(65)46-23-15-31-57-60(46)43-20-7-12-28-54(43)76-57/h4-35,37-38H,1-3H3. The van der Waals surface area contributed by atoms with E-state index in [2.05, 4.69) is 123 Å². The van der Waals surface area contributed by atoms with Crippen molar-refractivity contribution in [3.8, 4) is 45.1 Å². The average Bonchev–Trinajstić information content (AvgIpc) is 4.39. The first kappa shape index (κ1) is 47.1. The zero-order valence-electron chi connectivity index (χ0n) is 41.7. The monoisotopic (exact) mass is 1060 g/mol. The van der Waals surface area contributed by atoms with E-state index in [-0.39, 0.29) is 11.5 Å². The van der Waals surface area contributed by atoms with Gasteiger partial charge in [-0.3, -0.25) is 0 Å². The summed E-state index contributed by atoms with van der Waals surface area (Å²) in [5, 5.41) is 19.7. The fraction of sp³-hybridized carbons (Fsp3) is 0.0896. The highest BCUT2D eigenvalue weighted by Gasteiger charge is 2.38. The lowest BCUT2D eigenvalue weighted by molar-refractivity contribution is -0.137. The van der Waals surface area contributed by atoms with Crippen LogP contribution in [0.4, 0.5) is 28.9 Å². The van der Waals surface area contributed by atoms with Crippen molar-refractivity contribution in [1.29, 1.82) is 5.26 Å². The molecule has 1 unspecified atom stereocenters. The van der Waals surface area contributed by atoms with Gasteiger partial charge in [0.05, 0.1) is 28.0 Å². The minimum atomic E-state index is -4.63. The number of alkyl halides is 4. The van der Waals surface area contributed by atoms with Crippen LogP contribution in [0.1, 0.15) is 43.4 Å². The van der Waals surface area contributed by atoms with Crippen LogP contribution in [-0.2, 0) is 6.18 Å². The summed E-state index contributed by atoms with van der Waals surface area (Å²) in [5.41, 5.74) is 7.35. The molecule has 4 heterocycles. The van der Waals surface area contributed by atoms with E-state index in [1.807, 2.05) is 77.4 Å². The summed E-state index contributed by atoms with van der Waals surface area (Å²) in [5.74, 6) is -0.0561. The molecule has 1 atom stereocenters. The number of aromatic nitrogens is 1. The van der Waals surface area contributed by atoms with Gasteiger partial charge in [0.1, 0.15) is 11.6 Å². The zero-order chi connectivity index (χ0) is 52.4. The van der Waals surface area contributed by atoms with Gasteiger partial charge in [-0.15, -0.1) is 34.0 Å². The summed E-state index contributed by atoms with van der Waals surface area (Å²) in [6, 6.07) is 66.1. The quantitative estimate of drug-likeness (QED) is 0.112. The second kappa shape index (κ2) is 17.9. The first-order valence-electron chi connectivity index (χ1n) is 25.5. The van der Waals surface area contributed by atoms with Crippen molar-refractivity contribution in [3.05, 3.63) is 211 Å². The van der Waals surface area contributed by atoms with E-state index in [1.54, 1.807) is 38.9 Å². The van der Waals surface area contributed by atoms with E-state index in [9.17, 15) is 18.4 Å². The third-order valence-electron chi connectivity index (χ3n) is 15.2. The van der Waals surface area contributed by atoms with Crippen LogP contribution in [0.15, 0.2) is 194 Å². The third-order valence-corrected chi connectivity index (χ3v) is 18.6. The molecule has 0 fully saturated rings. The topological polar surface area (TPSA) is 32.0 Å². The molecule has 77 heavy (non-hydrogen) atoms. The maximum absolute atomic E-state index is 18.3. The van der Waals surface area contributed by atoms with Crippen molar-refractivity contribution < 1.29 is 17.6 Å². The molecule has 0 spiro atoms. The van der Waals surface area contributed by atoms with E-state index in [4.69, 9.17) is 0 Å². The van der Waals surface area contributed by atoms with Crippen LogP contribution < -0.4 is 4.90 Å². The highest BCUT2D eigenvalue weighted by Crippen LogP contribution is 2.59. The smallest absolute Gasteiger partial charge is 0.309 e. The van der Waals surface area contributed by atoms with Crippen LogP contribution >= 0.6 is 34.0 Å². The summed E-state index contributed by atoms with van der Waals surface area (Å²) >= 11 is 5.08. The molecule has 0 N–H and O–H groups in total. The molecule has 0 aliphatic carbocycles. The van der Waals surface area contributed by atoms with E-state index in [1.165, 1.54) is 19.1 Å². The Morgan fingerprint density at radius 1 is 0.481 bits per heavy atom. The molecule has 3 nitrogen and oxygen atoms in total. The Labute approximate surface area is 452 Å². The number of thiophene rings is 3. The molecule has 10 heteroatoms. The number of hydrogen-bond acceptors (Lipinski definition) is 5. The van der Waals surface area contributed by atoms with Gasteiger partial charge in [-0.2, -0.15) is 18.4 Å². The van der Waals surface area contributed by atoms with Gasteiger partial charge in [0.2, 0.25) is 0 Å². The van der Waals surface area contributed by atoms with Gasteiger partial charge in [-0.1, -0.05) is 141 Å². The van der Waals surface area contributed by atoms with Crippen molar-refractivity contribution in [2.24, 2.45) is 0 Å². The summed E-state index contributed by atoms with van der Waals surface area (Å²) in [7, 11) is 0. The second-order valence-electron chi connectivity index (χ2n) is 19.9. The van der Waals surface area contributed by atoms with Gasteiger partial charge in [-0.05, 0) is 102 Å². The van der Waals surface area contributed by atoms with Gasteiger partial charge in [0.25, 0.3) is 0 Å². The lowest BCUT2D eigenvalue weighted by atomic mass is 9.79. The van der Waals surface area contributed by atoms with Crippen molar-refractivity contribution in [3.63, 3.8) is 0 Å². The van der Waals surface area contributed by atoms with Gasteiger partial charge >= 0.3 is 6.18 Å². The lowest BCUT2D eigenvalue weighted by Crippen LogP contribution is -2.28. The molecule has 0 amide bonds. The van der Waals surface area contributed by atoms with Gasteiger partial charge in [-0.25, -0.2) is 4.39 Å². The van der Waals surface area contributed by atoms with Crippen molar-refractivity contribution in [2.45, 2.75) is 39.2 Å². The molecule has 14 rings (SSSR count). The molecule has 0 aliphatic heterocycles. The molecule has 0 aliphatic rings. The summed E-state index contributed by atoms with van der Waals surface area (Å²) in [4.78, 5) is 1.72. The van der Waals surface area contributed by atoms with Crippen molar-refractivity contribution >= 4 is 128 Å². The molecule has 0 saturated carbocycles. The number of nitrogens with zero attached hydrogens (tertiary/aromatic N) is 3. The highest BCUT2D eigenvalue weighted by molar-refractivity contribution is 7.26. The second-order valence-corrected chi connectivity index (χ2v) is 23.1. The molecule has 4 aromatic heterocycles. The zero-order valence-corrected chi connectivity index (χ0v) is 44.2. The van der Waals surface area contributed by atoms with Crippen LogP contribution in [0.5, 0.6) is 0 Å². The van der Waals surface area contributed by atoms with Crippen LogP contribution in [0.25, 0.3) is 121 Å². The Hall–Kier alpha value is -8.33. The number of benzene rings is 10. The first-order valence-corrected chi connectivity index (χ1v) is 27.9. The molecular formula is C67H43F4N3S3. The molecular weight excluding hydrogens is 1020 g/mol. The Kier molecular flexibility index (Phi) is 11.0. The minimum absolute atomic E-state index is 0.0561. The highest BCUT2D eigenvalue weighted by atomic mass is 32.1. The Morgan fingerprint density at radius 3 is 1.45 bits per heavy atom. The largest absolute Gasteiger partial charge is 0.416 e. The normalized spacial score (nSPS) is 12.7. The van der Waals surface area contributed by atoms with Crippen molar-refractivity contribution in [1.82, 2.24) is 4.57 Å². The number of para-hydroxylation sites is 2. The Balaban J connectivity index is 1.34. The van der Waals surface area contributed by atoms with Crippen LogP contribution in [0.2, 0.25) is 0 Å². The first-order chi connectivity index (χ1) is 37.5. The summed E-state index contributed by atoms with van der Waals surface area (Å²) in [6.45, 7) is 5.71. The number of fused-ring (bicyclic) bond motifs is 12.